The van der Waals surface area contributed by atoms with E-state index < -0.39 is 11.7 Å². The maximum absolute atomic E-state index is 12.3. The molecular formula is C17H22ClNO4. The Labute approximate surface area is 141 Å². The fraction of sp³-hybridized carbons (Fsp3) is 0.588. The van der Waals surface area contributed by atoms with Crippen LogP contribution in [0.5, 0.6) is 0 Å². The van der Waals surface area contributed by atoms with Crippen molar-refractivity contribution in [2.75, 3.05) is 26.3 Å². The molecule has 0 radical (unpaired) electrons. The number of halogens is 1. The first-order valence-corrected chi connectivity index (χ1v) is 8.36. The standard InChI is InChI=1S/C17H22ClNO4/c1-12(23-9-15-3-2-8-22-15)16(20)19-10-17(21,11-19)13-4-6-14(18)7-5-13/h4-7,12,15,21H,2-3,8-11H2,1H3. The van der Waals surface area contributed by atoms with Crippen LogP contribution in [0.25, 0.3) is 0 Å². The van der Waals surface area contributed by atoms with E-state index in [1.54, 1.807) is 36.1 Å². The van der Waals surface area contributed by atoms with Crippen molar-refractivity contribution in [3.05, 3.63) is 34.9 Å². The summed E-state index contributed by atoms with van der Waals surface area (Å²) >= 11 is 5.86. The average Bonchev–Trinajstić information content (AvgIpc) is 3.03. The van der Waals surface area contributed by atoms with E-state index in [-0.39, 0.29) is 25.1 Å². The van der Waals surface area contributed by atoms with E-state index in [0.717, 1.165) is 25.0 Å². The van der Waals surface area contributed by atoms with E-state index in [1.807, 2.05) is 0 Å². The lowest BCUT2D eigenvalue weighted by molar-refractivity contribution is -0.169. The molecule has 0 bridgehead atoms. The van der Waals surface area contributed by atoms with Gasteiger partial charge in [0.05, 0.1) is 25.8 Å². The Morgan fingerprint density at radius 3 is 2.78 bits per heavy atom. The SMILES string of the molecule is CC(OCC1CCCO1)C(=O)N1CC(O)(c2ccc(Cl)cc2)C1. The largest absolute Gasteiger partial charge is 0.381 e. The zero-order valence-electron chi connectivity index (χ0n) is 13.2. The minimum absolute atomic E-state index is 0.0957. The molecule has 2 aliphatic rings. The van der Waals surface area contributed by atoms with Crippen molar-refractivity contribution >= 4 is 17.5 Å². The number of β-amino-alcohol motifs (C(OH)–C–C–N with tert-alkyl or cyclic N) is 1. The summed E-state index contributed by atoms with van der Waals surface area (Å²) < 4.78 is 11.1. The first kappa shape index (κ1) is 16.7. The lowest BCUT2D eigenvalue weighted by atomic mass is 9.86. The summed E-state index contributed by atoms with van der Waals surface area (Å²) in [7, 11) is 0. The molecule has 2 fully saturated rings. The number of benzene rings is 1. The molecule has 0 aromatic heterocycles. The second-order valence-electron chi connectivity index (χ2n) is 6.34. The van der Waals surface area contributed by atoms with Crippen molar-refractivity contribution in [1.82, 2.24) is 4.90 Å². The Morgan fingerprint density at radius 1 is 1.48 bits per heavy atom. The third kappa shape index (κ3) is 3.69. The highest BCUT2D eigenvalue weighted by atomic mass is 35.5. The number of carbonyl (C=O) groups is 1. The van der Waals surface area contributed by atoms with Crippen molar-refractivity contribution in [3.63, 3.8) is 0 Å². The lowest BCUT2D eigenvalue weighted by Gasteiger charge is -2.47. The van der Waals surface area contributed by atoms with Gasteiger partial charge in [0.25, 0.3) is 5.91 Å². The Bertz CT molecular complexity index is 550. The van der Waals surface area contributed by atoms with E-state index in [2.05, 4.69) is 0 Å². The molecule has 1 aromatic carbocycles. The molecule has 1 aromatic rings. The number of hydrogen-bond acceptors (Lipinski definition) is 4. The summed E-state index contributed by atoms with van der Waals surface area (Å²) in [5.74, 6) is -0.0957. The topological polar surface area (TPSA) is 59.0 Å². The monoisotopic (exact) mass is 339 g/mol. The number of nitrogens with zero attached hydrogens (tertiary/aromatic N) is 1. The van der Waals surface area contributed by atoms with Crippen LogP contribution in [-0.4, -0.2) is 54.4 Å². The average molecular weight is 340 g/mol. The smallest absolute Gasteiger partial charge is 0.251 e. The van der Waals surface area contributed by atoms with E-state index in [4.69, 9.17) is 21.1 Å². The minimum atomic E-state index is -0.992. The van der Waals surface area contributed by atoms with Crippen LogP contribution in [0.3, 0.4) is 0 Å². The summed E-state index contributed by atoms with van der Waals surface area (Å²) in [6.45, 7) is 3.53. The first-order valence-electron chi connectivity index (χ1n) is 7.98. The molecule has 6 heteroatoms. The molecule has 2 aliphatic heterocycles. The van der Waals surface area contributed by atoms with Gasteiger partial charge in [-0.25, -0.2) is 0 Å². The molecule has 3 rings (SSSR count). The van der Waals surface area contributed by atoms with Crippen LogP contribution in [0.1, 0.15) is 25.3 Å². The predicted octanol–water partition coefficient (Wildman–Crippen LogP) is 1.95. The van der Waals surface area contributed by atoms with Crippen LogP contribution in [0.2, 0.25) is 5.02 Å². The maximum atomic E-state index is 12.3. The second kappa shape index (κ2) is 6.77. The highest BCUT2D eigenvalue weighted by molar-refractivity contribution is 6.30. The van der Waals surface area contributed by atoms with Crippen LogP contribution >= 0.6 is 11.6 Å². The van der Waals surface area contributed by atoms with Gasteiger partial charge in [-0.1, -0.05) is 23.7 Å². The fourth-order valence-corrected chi connectivity index (χ4v) is 3.17. The summed E-state index contributed by atoms with van der Waals surface area (Å²) in [6, 6.07) is 7.07. The predicted molar refractivity (Wildman–Crippen MR) is 86.3 cm³/mol. The molecule has 0 spiro atoms. The molecule has 1 amide bonds. The van der Waals surface area contributed by atoms with E-state index in [1.165, 1.54) is 0 Å². The number of rotatable bonds is 5. The van der Waals surface area contributed by atoms with Crippen molar-refractivity contribution in [2.24, 2.45) is 0 Å². The van der Waals surface area contributed by atoms with E-state index in [9.17, 15) is 9.90 Å². The van der Waals surface area contributed by atoms with Crippen molar-refractivity contribution in [1.29, 1.82) is 0 Å². The molecule has 23 heavy (non-hydrogen) atoms. The van der Waals surface area contributed by atoms with Crippen molar-refractivity contribution in [2.45, 2.75) is 37.6 Å². The van der Waals surface area contributed by atoms with Gasteiger partial charge < -0.3 is 19.5 Å². The number of carbonyl (C=O) groups excluding carboxylic acids is 1. The molecule has 0 aliphatic carbocycles. The highest BCUT2D eigenvalue weighted by Crippen LogP contribution is 2.33. The lowest BCUT2D eigenvalue weighted by Crippen LogP contribution is -2.63. The summed E-state index contributed by atoms with van der Waals surface area (Å²) in [6.07, 6.45) is 1.62. The third-order valence-corrected chi connectivity index (χ3v) is 4.75. The molecule has 5 nitrogen and oxygen atoms in total. The molecular weight excluding hydrogens is 318 g/mol. The quantitative estimate of drug-likeness (QED) is 0.891. The molecule has 1 N–H and O–H groups in total. The van der Waals surface area contributed by atoms with Crippen molar-refractivity contribution in [3.8, 4) is 0 Å². The Hall–Kier alpha value is -1.14. The van der Waals surface area contributed by atoms with Gasteiger partial charge in [-0.2, -0.15) is 0 Å². The van der Waals surface area contributed by atoms with E-state index >= 15 is 0 Å². The Kier molecular flexibility index (Phi) is 4.92. The highest BCUT2D eigenvalue weighted by Gasteiger charge is 2.46. The van der Waals surface area contributed by atoms with Gasteiger partial charge >= 0.3 is 0 Å². The Balaban J connectivity index is 1.49. The van der Waals surface area contributed by atoms with Gasteiger partial charge in [0.2, 0.25) is 0 Å². The molecule has 2 saturated heterocycles. The number of hydrogen-bond donors (Lipinski definition) is 1. The van der Waals surface area contributed by atoms with Gasteiger partial charge in [0.15, 0.2) is 0 Å². The molecule has 126 valence electrons. The number of ether oxygens (including phenoxy) is 2. The number of amides is 1. The Morgan fingerprint density at radius 2 is 2.17 bits per heavy atom. The summed E-state index contributed by atoms with van der Waals surface area (Å²) in [5.41, 5.74) is -0.215. The zero-order valence-corrected chi connectivity index (χ0v) is 14.0. The van der Waals surface area contributed by atoms with Gasteiger partial charge in [0.1, 0.15) is 11.7 Å². The van der Waals surface area contributed by atoms with Crippen LogP contribution in [-0.2, 0) is 19.9 Å². The van der Waals surface area contributed by atoms with Gasteiger partial charge in [-0.05, 0) is 37.5 Å². The maximum Gasteiger partial charge on any atom is 0.251 e. The first-order chi connectivity index (χ1) is 11.0. The molecule has 2 atom stereocenters. The van der Waals surface area contributed by atoms with Gasteiger partial charge in [-0.3, -0.25) is 4.79 Å². The van der Waals surface area contributed by atoms with E-state index in [0.29, 0.717) is 11.6 Å². The van der Waals surface area contributed by atoms with Crippen LogP contribution in [0.4, 0.5) is 0 Å². The summed E-state index contributed by atoms with van der Waals surface area (Å²) in [5, 5.41) is 11.2. The van der Waals surface area contributed by atoms with Crippen LogP contribution in [0.15, 0.2) is 24.3 Å². The third-order valence-electron chi connectivity index (χ3n) is 4.50. The summed E-state index contributed by atoms with van der Waals surface area (Å²) in [4.78, 5) is 14.0. The molecule has 2 heterocycles. The van der Waals surface area contributed by atoms with Crippen molar-refractivity contribution < 1.29 is 19.4 Å². The fourth-order valence-electron chi connectivity index (χ4n) is 3.04. The van der Waals surface area contributed by atoms with Gasteiger partial charge in [-0.15, -0.1) is 0 Å². The van der Waals surface area contributed by atoms with Crippen LogP contribution in [0, 0.1) is 0 Å². The molecule has 2 unspecified atom stereocenters. The second-order valence-corrected chi connectivity index (χ2v) is 6.78. The zero-order chi connectivity index (χ0) is 16.4. The number of aliphatic hydroxyl groups is 1. The van der Waals surface area contributed by atoms with Crippen LogP contribution < -0.4 is 0 Å². The minimum Gasteiger partial charge on any atom is -0.381 e. The number of likely N-dealkylation sites (tertiary alicyclic amines) is 1. The molecule has 0 saturated carbocycles. The normalized spacial score (nSPS) is 24.3. The van der Waals surface area contributed by atoms with Gasteiger partial charge in [0, 0.05) is 11.6 Å².